The molecule has 2 N–H and O–H groups in total. The predicted molar refractivity (Wildman–Crippen MR) is 92.4 cm³/mol. The van der Waals surface area contributed by atoms with Crippen molar-refractivity contribution in [3.05, 3.63) is 55.9 Å². The highest BCUT2D eigenvalue weighted by Gasteiger charge is 2.27. The van der Waals surface area contributed by atoms with Crippen LogP contribution in [0.4, 0.5) is 0 Å². The standard InChI is InChI=1S/C17H16N4O2S/c1-9-18-14-12(7-4-8-13(14)24-9)21-17(23)15-16(22)20-11-6-3-2-5-10(11)19-15/h2-3,5-6,12H,4,7-8H2,1H3,(H,20,22)(H,21,23)/t12-/m1/s1. The first-order valence-electron chi connectivity index (χ1n) is 7.88. The number of aromatic nitrogens is 3. The topological polar surface area (TPSA) is 87.7 Å². The van der Waals surface area contributed by atoms with Crippen LogP contribution in [0.1, 0.15) is 45.0 Å². The Kier molecular flexibility index (Phi) is 3.65. The molecule has 0 saturated carbocycles. The number of carbonyl (C=O) groups is 1. The van der Waals surface area contributed by atoms with Crippen molar-refractivity contribution < 1.29 is 4.79 Å². The highest BCUT2D eigenvalue weighted by atomic mass is 32.1. The maximum Gasteiger partial charge on any atom is 0.280 e. The van der Waals surface area contributed by atoms with Gasteiger partial charge in [0.1, 0.15) is 0 Å². The van der Waals surface area contributed by atoms with Crippen LogP contribution in [-0.4, -0.2) is 20.9 Å². The van der Waals surface area contributed by atoms with Gasteiger partial charge in [-0.1, -0.05) is 12.1 Å². The van der Waals surface area contributed by atoms with Crippen LogP contribution in [0.3, 0.4) is 0 Å². The number of benzene rings is 1. The number of amides is 1. The van der Waals surface area contributed by atoms with Crippen LogP contribution in [-0.2, 0) is 6.42 Å². The normalized spacial score (nSPS) is 16.8. The summed E-state index contributed by atoms with van der Waals surface area (Å²) >= 11 is 1.68. The highest BCUT2D eigenvalue weighted by Crippen LogP contribution is 2.33. The molecule has 0 bridgehead atoms. The second-order valence-corrected chi connectivity index (χ2v) is 7.18. The molecule has 122 valence electrons. The van der Waals surface area contributed by atoms with Gasteiger partial charge in [-0.15, -0.1) is 11.3 Å². The van der Waals surface area contributed by atoms with Gasteiger partial charge >= 0.3 is 0 Å². The fourth-order valence-electron chi connectivity index (χ4n) is 3.09. The fourth-order valence-corrected chi connectivity index (χ4v) is 4.13. The van der Waals surface area contributed by atoms with Crippen LogP contribution >= 0.6 is 11.3 Å². The minimum atomic E-state index is -0.475. The minimum absolute atomic E-state index is 0.104. The van der Waals surface area contributed by atoms with Gasteiger partial charge < -0.3 is 10.3 Å². The van der Waals surface area contributed by atoms with Crippen molar-refractivity contribution in [3.63, 3.8) is 0 Å². The highest BCUT2D eigenvalue weighted by molar-refractivity contribution is 7.11. The molecule has 1 aromatic carbocycles. The predicted octanol–water partition coefficient (Wildman–Crippen LogP) is 2.50. The summed E-state index contributed by atoms with van der Waals surface area (Å²) in [4.78, 5) is 37.5. The van der Waals surface area contributed by atoms with E-state index in [-0.39, 0.29) is 11.7 Å². The molecule has 0 fully saturated rings. The smallest absolute Gasteiger partial charge is 0.280 e. The van der Waals surface area contributed by atoms with Gasteiger partial charge in [0, 0.05) is 4.88 Å². The van der Waals surface area contributed by atoms with Gasteiger partial charge in [0.05, 0.1) is 27.8 Å². The maximum absolute atomic E-state index is 12.6. The molecule has 0 aliphatic heterocycles. The number of thiazole rings is 1. The van der Waals surface area contributed by atoms with Crippen molar-refractivity contribution in [2.45, 2.75) is 32.2 Å². The van der Waals surface area contributed by atoms with E-state index >= 15 is 0 Å². The van der Waals surface area contributed by atoms with Gasteiger partial charge in [-0.05, 0) is 38.3 Å². The lowest BCUT2D eigenvalue weighted by atomic mass is 9.97. The molecule has 0 spiro atoms. The quantitative estimate of drug-likeness (QED) is 0.750. The Hall–Kier alpha value is -2.54. The summed E-state index contributed by atoms with van der Waals surface area (Å²) in [6.45, 7) is 1.97. The van der Waals surface area contributed by atoms with Crippen molar-refractivity contribution in [1.29, 1.82) is 0 Å². The van der Waals surface area contributed by atoms with Crippen molar-refractivity contribution >= 4 is 28.3 Å². The molecular weight excluding hydrogens is 324 g/mol. The summed E-state index contributed by atoms with van der Waals surface area (Å²) in [7, 11) is 0. The fraction of sp³-hybridized carbons (Fsp3) is 0.294. The van der Waals surface area contributed by atoms with E-state index in [0.717, 1.165) is 30.0 Å². The lowest BCUT2D eigenvalue weighted by molar-refractivity contribution is 0.0925. The molecule has 7 heteroatoms. The summed E-state index contributed by atoms with van der Waals surface area (Å²) in [5.41, 5.74) is 1.57. The molecule has 0 radical (unpaired) electrons. The Balaban J connectivity index is 1.66. The minimum Gasteiger partial charge on any atom is -0.342 e. The summed E-state index contributed by atoms with van der Waals surface area (Å²) < 4.78 is 0. The first-order valence-corrected chi connectivity index (χ1v) is 8.69. The molecule has 3 aromatic rings. The first kappa shape index (κ1) is 15.0. The number of aromatic amines is 1. The lowest BCUT2D eigenvalue weighted by Crippen LogP contribution is -2.35. The Morgan fingerprint density at radius 1 is 1.33 bits per heavy atom. The zero-order valence-electron chi connectivity index (χ0n) is 13.1. The lowest BCUT2D eigenvalue weighted by Gasteiger charge is -2.22. The zero-order chi connectivity index (χ0) is 16.7. The van der Waals surface area contributed by atoms with Crippen LogP contribution in [0.5, 0.6) is 0 Å². The molecule has 0 saturated heterocycles. The SMILES string of the molecule is Cc1nc2c(s1)CCC[C@H]2NC(=O)c1nc2ccccc2[nH]c1=O. The average molecular weight is 340 g/mol. The van der Waals surface area contributed by atoms with Crippen LogP contribution in [0.2, 0.25) is 0 Å². The van der Waals surface area contributed by atoms with Gasteiger partial charge in [-0.3, -0.25) is 9.59 Å². The summed E-state index contributed by atoms with van der Waals surface area (Å²) in [5, 5.41) is 3.94. The molecule has 4 rings (SSSR count). The molecule has 0 unspecified atom stereocenters. The van der Waals surface area contributed by atoms with Gasteiger partial charge in [0.25, 0.3) is 11.5 Å². The summed E-state index contributed by atoms with van der Waals surface area (Å²) in [6.07, 6.45) is 2.83. The number of nitrogens with one attached hydrogen (secondary N) is 2. The van der Waals surface area contributed by atoms with Gasteiger partial charge in [-0.25, -0.2) is 9.97 Å². The van der Waals surface area contributed by atoms with E-state index in [1.54, 1.807) is 23.5 Å². The van der Waals surface area contributed by atoms with Crippen molar-refractivity contribution in [1.82, 2.24) is 20.3 Å². The average Bonchev–Trinajstić information content (AvgIpc) is 2.95. The van der Waals surface area contributed by atoms with E-state index in [9.17, 15) is 9.59 Å². The van der Waals surface area contributed by atoms with E-state index in [2.05, 4.69) is 20.3 Å². The number of fused-ring (bicyclic) bond motifs is 2. The van der Waals surface area contributed by atoms with E-state index in [1.807, 2.05) is 19.1 Å². The van der Waals surface area contributed by atoms with E-state index in [4.69, 9.17) is 0 Å². The van der Waals surface area contributed by atoms with Crippen LogP contribution < -0.4 is 10.9 Å². The molecule has 24 heavy (non-hydrogen) atoms. The van der Waals surface area contributed by atoms with Crippen molar-refractivity contribution in [2.75, 3.05) is 0 Å². The van der Waals surface area contributed by atoms with E-state index in [1.165, 1.54) is 4.88 Å². The summed E-state index contributed by atoms with van der Waals surface area (Å²) in [5.74, 6) is -0.453. The summed E-state index contributed by atoms with van der Waals surface area (Å²) in [6, 6.07) is 7.01. The van der Waals surface area contributed by atoms with E-state index < -0.39 is 11.5 Å². The third-order valence-corrected chi connectivity index (χ3v) is 5.23. The molecule has 1 aliphatic rings. The van der Waals surface area contributed by atoms with E-state index in [0.29, 0.717) is 11.0 Å². The second kappa shape index (κ2) is 5.83. The first-order chi connectivity index (χ1) is 11.6. The number of H-pyrrole nitrogens is 1. The number of hydrogen-bond acceptors (Lipinski definition) is 5. The number of hydrogen-bond donors (Lipinski definition) is 2. The monoisotopic (exact) mass is 340 g/mol. The molecule has 6 nitrogen and oxygen atoms in total. The van der Waals surface area contributed by atoms with Crippen LogP contribution in [0.15, 0.2) is 29.1 Å². The second-order valence-electron chi connectivity index (χ2n) is 5.89. The Bertz CT molecular complexity index is 992. The van der Waals surface area contributed by atoms with Gasteiger partial charge in [0.2, 0.25) is 0 Å². The van der Waals surface area contributed by atoms with Gasteiger partial charge in [0.15, 0.2) is 5.69 Å². The molecule has 2 heterocycles. The van der Waals surface area contributed by atoms with Crippen molar-refractivity contribution in [3.8, 4) is 0 Å². The number of carbonyl (C=O) groups excluding carboxylic acids is 1. The molecule has 1 atom stereocenters. The molecule has 1 amide bonds. The Labute approximate surface area is 142 Å². The van der Waals surface area contributed by atoms with Crippen LogP contribution in [0, 0.1) is 6.92 Å². The third-order valence-electron chi connectivity index (χ3n) is 4.18. The van der Waals surface area contributed by atoms with Crippen molar-refractivity contribution in [2.24, 2.45) is 0 Å². The maximum atomic E-state index is 12.6. The van der Waals surface area contributed by atoms with Crippen LogP contribution in [0.25, 0.3) is 11.0 Å². The number of rotatable bonds is 2. The largest absolute Gasteiger partial charge is 0.342 e. The van der Waals surface area contributed by atoms with Gasteiger partial charge in [-0.2, -0.15) is 0 Å². The molecule has 2 aromatic heterocycles. The number of nitrogens with zero attached hydrogens (tertiary/aromatic N) is 2. The number of para-hydroxylation sites is 2. The Morgan fingerprint density at radius 3 is 3.04 bits per heavy atom. The number of aryl methyl sites for hydroxylation is 2. The molecule has 1 aliphatic carbocycles. The molecular formula is C17H16N4O2S. The Morgan fingerprint density at radius 2 is 2.17 bits per heavy atom. The zero-order valence-corrected chi connectivity index (χ0v) is 13.9. The third kappa shape index (κ3) is 2.60.